The van der Waals surface area contributed by atoms with Gasteiger partial charge in [0.1, 0.15) is 17.7 Å². The highest BCUT2D eigenvalue weighted by atomic mass is 16.6. The van der Waals surface area contributed by atoms with Crippen LogP contribution in [-0.4, -0.2) is 47.0 Å². The number of nitrogens with one attached hydrogen (secondary N) is 2. The molecule has 3 amide bonds. The summed E-state index contributed by atoms with van der Waals surface area (Å²) >= 11 is 0. The second-order valence-electron chi connectivity index (χ2n) is 10.4. The fraction of sp³-hybridized carbons (Fsp3) is 0.667. The number of carbonyl (C=O) groups excluding carboxylic acids is 3. The minimum absolute atomic E-state index is 0.0253. The topological polar surface area (TPSA) is 87.7 Å². The highest BCUT2D eigenvalue weighted by Gasteiger charge is 2.44. The van der Waals surface area contributed by atoms with Gasteiger partial charge in [0.25, 0.3) is 0 Å². The molecular weight excluding hydrogens is 430 g/mol. The molecule has 0 spiro atoms. The van der Waals surface area contributed by atoms with E-state index in [4.69, 9.17) is 4.74 Å². The van der Waals surface area contributed by atoms with Crippen molar-refractivity contribution in [2.24, 2.45) is 5.92 Å². The van der Waals surface area contributed by atoms with Crippen LogP contribution < -0.4 is 10.6 Å². The Balaban J connectivity index is 2.40. The van der Waals surface area contributed by atoms with Crippen molar-refractivity contribution < 1.29 is 19.1 Å². The molecule has 7 heteroatoms. The summed E-state index contributed by atoms with van der Waals surface area (Å²) in [6.45, 7) is 13.9. The minimum atomic E-state index is -0.781. The number of nitrogens with zero attached hydrogens (tertiary/aromatic N) is 1. The molecule has 3 unspecified atom stereocenters. The van der Waals surface area contributed by atoms with Crippen molar-refractivity contribution >= 4 is 17.9 Å². The van der Waals surface area contributed by atoms with Gasteiger partial charge in [0.05, 0.1) is 0 Å². The third-order valence-corrected chi connectivity index (χ3v) is 6.10. The molecule has 1 aromatic carbocycles. The molecule has 0 bridgehead atoms. The molecule has 1 aromatic rings. The van der Waals surface area contributed by atoms with Crippen LogP contribution in [0.4, 0.5) is 4.79 Å². The van der Waals surface area contributed by atoms with Gasteiger partial charge in [0, 0.05) is 12.6 Å². The van der Waals surface area contributed by atoms with Gasteiger partial charge in [-0.15, -0.1) is 0 Å². The number of unbranched alkanes of at least 4 members (excludes halogenated alkanes) is 1. The molecule has 0 heterocycles. The van der Waals surface area contributed by atoms with Crippen LogP contribution in [0.15, 0.2) is 24.3 Å². The van der Waals surface area contributed by atoms with E-state index in [2.05, 4.69) is 17.6 Å². The molecule has 34 heavy (non-hydrogen) atoms. The number of amides is 3. The highest BCUT2D eigenvalue weighted by Crippen LogP contribution is 2.36. The van der Waals surface area contributed by atoms with Crippen molar-refractivity contribution in [3.63, 3.8) is 0 Å². The van der Waals surface area contributed by atoms with Crippen LogP contribution in [0.2, 0.25) is 0 Å². The van der Waals surface area contributed by atoms with Crippen molar-refractivity contribution in [1.29, 1.82) is 0 Å². The third-order valence-electron chi connectivity index (χ3n) is 6.10. The van der Waals surface area contributed by atoms with Crippen molar-refractivity contribution in [3.8, 4) is 0 Å². The van der Waals surface area contributed by atoms with Gasteiger partial charge in [-0.2, -0.15) is 0 Å². The van der Waals surface area contributed by atoms with Gasteiger partial charge in [-0.3, -0.25) is 9.59 Å². The summed E-state index contributed by atoms with van der Waals surface area (Å²) in [5.74, 6) is -0.542. The zero-order valence-electron chi connectivity index (χ0n) is 21.9. The number of ether oxygens (including phenoxy) is 1. The first-order valence-corrected chi connectivity index (χ1v) is 12.6. The van der Waals surface area contributed by atoms with Gasteiger partial charge in [0.15, 0.2) is 0 Å². The van der Waals surface area contributed by atoms with E-state index in [9.17, 15) is 14.4 Å². The van der Waals surface area contributed by atoms with Gasteiger partial charge in [-0.1, -0.05) is 63.4 Å². The average molecular weight is 474 g/mol. The lowest BCUT2D eigenvalue weighted by Crippen LogP contribution is -2.55. The summed E-state index contributed by atoms with van der Waals surface area (Å²) in [6, 6.07) is 6.21. The lowest BCUT2D eigenvalue weighted by molar-refractivity contribution is -0.144. The van der Waals surface area contributed by atoms with Crippen molar-refractivity contribution in [3.05, 3.63) is 35.4 Å². The standard InChI is InChI=1S/C27H43N3O4/c1-8-10-17-28-24(31)23(20-13-11-18(3)12-14-20)30(21-15-16-21)25(32)22(19(4)9-2)29-26(33)34-27(5,6)7/h11-14,19,21-23H,8-10,15-17H2,1-7H3,(H,28,31)(H,29,33). The van der Waals surface area contributed by atoms with E-state index in [1.165, 1.54) is 0 Å². The Kier molecular flexibility index (Phi) is 9.95. The fourth-order valence-electron chi connectivity index (χ4n) is 3.82. The molecule has 190 valence electrons. The van der Waals surface area contributed by atoms with Gasteiger partial charge in [-0.05, 0) is 58.4 Å². The quantitative estimate of drug-likeness (QED) is 0.448. The predicted octanol–water partition coefficient (Wildman–Crippen LogP) is 4.88. The van der Waals surface area contributed by atoms with Crippen LogP contribution in [0.25, 0.3) is 0 Å². The lowest BCUT2D eigenvalue weighted by Gasteiger charge is -2.36. The summed E-state index contributed by atoms with van der Waals surface area (Å²) in [6.07, 6.45) is 3.60. The minimum Gasteiger partial charge on any atom is -0.444 e. The molecule has 0 aromatic heterocycles. The van der Waals surface area contributed by atoms with Crippen LogP contribution in [0.1, 0.15) is 90.8 Å². The number of benzene rings is 1. The van der Waals surface area contributed by atoms with Crippen molar-refractivity contribution in [2.45, 2.75) is 104 Å². The van der Waals surface area contributed by atoms with E-state index in [0.717, 1.165) is 36.8 Å². The number of alkyl carbamates (subject to hydrolysis) is 1. The van der Waals surface area contributed by atoms with Crippen LogP contribution >= 0.6 is 0 Å². The fourth-order valence-corrected chi connectivity index (χ4v) is 3.82. The third kappa shape index (κ3) is 8.03. The van der Waals surface area contributed by atoms with Gasteiger partial charge in [0.2, 0.25) is 11.8 Å². The Morgan fingerprint density at radius 1 is 1.12 bits per heavy atom. The summed E-state index contributed by atoms with van der Waals surface area (Å²) in [5.41, 5.74) is 1.19. The van der Waals surface area contributed by atoms with Gasteiger partial charge < -0.3 is 20.3 Å². The Labute approximate surface area is 205 Å². The zero-order valence-corrected chi connectivity index (χ0v) is 21.9. The second kappa shape index (κ2) is 12.2. The smallest absolute Gasteiger partial charge is 0.408 e. The van der Waals surface area contributed by atoms with E-state index >= 15 is 0 Å². The number of aryl methyl sites for hydroxylation is 1. The Bertz CT molecular complexity index is 827. The molecule has 2 N–H and O–H groups in total. The van der Waals surface area contributed by atoms with E-state index in [1.807, 2.05) is 45.0 Å². The highest BCUT2D eigenvalue weighted by molar-refractivity contribution is 5.92. The molecule has 7 nitrogen and oxygen atoms in total. The first-order chi connectivity index (χ1) is 16.0. The molecule has 0 radical (unpaired) electrons. The molecule has 1 fully saturated rings. The molecule has 1 aliphatic rings. The van der Waals surface area contributed by atoms with Crippen LogP contribution in [-0.2, 0) is 14.3 Å². The Morgan fingerprint density at radius 3 is 2.24 bits per heavy atom. The van der Waals surface area contributed by atoms with E-state index < -0.39 is 23.8 Å². The molecule has 3 atom stereocenters. The van der Waals surface area contributed by atoms with Gasteiger partial charge in [-0.25, -0.2) is 4.79 Å². The van der Waals surface area contributed by atoms with E-state index in [-0.39, 0.29) is 23.8 Å². The molecule has 0 saturated heterocycles. The summed E-state index contributed by atoms with van der Waals surface area (Å²) in [5, 5.41) is 5.83. The largest absolute Gasteiger partial charge is 0.444 e. The molecule has 1 saturated carbocycles. The Hall–Kier alpha value is -2.57. The second-order valence-corrected chi connectivity index (χ2v) is 10.4. The summed E-state index contributed by atoms with van der Waals surface area (Å²) < 4.78 is 5.44. The predicted molar refractivity (Wildman–Crippen MR) is 134 cm³/mol. The monoisotopic (exact) mass is 473 g/mol. The molecule has 1 aliphatic carbocycles. The number of rotatable bonds is 11. The van der Waals surface area contributed by atoms with Crippen molar-refractivity contribution in [1.82, 2.24) is 15.5 Å². The normalized spacial score (nSPS) is 16.2. The number of hydrogen-bond acceptors (Lipinski definition) is 4. The van der Waals surface area contributed by atoms with Crippen LogP contribution in [0.3, 0.4) is 0 Å². The lowest BCUT2D eigenvalue weighted by atomic mass is 9.95. The van der Waals surface area contributed by atoms with Crippen molar-refractivity contribution in [2.75, 3.05) is 6.54 Å². The van der Waals surface area contributed by atoms with E-state index in [0.29, 0.717) is 13.0 Å². The summed E-state index contributed by atoms with van der Waals surface area (Å²) in [4.78, 5) is 41.8. The molecule has 0 aliphatic heterocycles. The van der Waals surface area contributed by atoms with Crippen LogP contribution in [0, 0.1) is 12.8 Å². The SMILES string of the molecule is CCCCNC(=O)C(c1ccc(C)cc1)N(C(=O)C(NC(=O)OC(C)(C)C)C(C)CC)C1CC1. The van der Waals surface area contributed by atoms with E-state index in [1.54, 1.807) is 25.7 Å². The maximum atomic E-state index is 14.0. The maximum absolute atomic E-state index is 14.0. The maximum Gasteiger partial charge on any atom is 0.408 e. The first-order valence-electron chi connectivity index (χ1n) is 12.6. The molecule has 2 rings (SSSR count). The molecular formula is C27H43N3O4. The summed E-state index contributed by atoms with van der Waals surface area (Å²) in [7, 11) is 0. The average Bonchev–Trinajstić information content (AvgIpc) is 3.59. The number of hydrogen-bond donors (Lipinski definition) is 2. The van der Waals surface area contributed by atoms with Crippen LogP contribution in [0.5, 0.6) is 0 Å². The van der Waals surface area contributed by atoms with Gasteiger partial charge >= 0.3 is 6.09 Å². The Morgan fingerprint density at radius 2 is 1.74 bits per heavy atom. The number of carbonyl (C=O) groups is 3. The first kappa shape index (κ1) is 27.7. The zero-order chi connectivity index (χ0) is 25.5.